The van der Waals surface area contributed by atoms with Gasteiger partial charge in [0, 0.05) is 24.7 Å². The Kier molecular flexibility index (Phi) is 4.33. The third-order valence-electron chi connectivity index (χ3n) is 3.29. The number of nitrogens with zero attached hydrogens (tertiary/aromatic N) is 1. The van der Waals surface area contributed by atoms with E-state index in [0.29, 0.717) is 17.1 Å². The van der Waals surface area contributed by atoms with Crippen molar-refractivity contribution in [2.75, 3.05) is 13.1 Å². The number of nitrogens with two attached hydrogens (primary N) is 1. The number of hydrogen-bond acceptors (Lipinski definition) is 4. The fourth-order valence-corrected chi connectivity index (χ4v) is 4.02. The molecule has 8 heteroatoms. The largest absolute Gasteiger partial charge is 0.353 e. The third kappa shape index (κ3) is 2.67. The summed E-state index contributed by atoms with van der Waals surface area (Å²) in [4.78, 5) is 11.7. The van der Waals surface area contributed by atoms with Crippen LogP contribution in [0.2, 0.25) is 5.02 Å². The molecule has 110 valence electrons. The first-order valence-corrected chi connectivity index (χ1v) is 7.98. The van der Waals surface area contributed by atoms with E-state index in [-0.39, 0.29) is 23.9 Å². The number of sulfonamides is 1. The maximum absolute atomic E-state index is 12.6. The molecular weight excluding hydrogens is 302 g/mol. The van der Waals surface area contributed by atoms with Crippen molar-refractivity contribution in [1.29, 1.82) is 0 Å². The third-order valence-corrected chi connectivity index (χ3v) is 5.61. The smallest absolute Gasteiger partial charge is 0.243 e. The van der Waals surface area contributed by atoms with Crippen molar-refractivity contribution in [1.82, 2.24) is 9.62 Å². The van der Waals surface area contributed by atoms with Gasteiger partial charge in [-0.15, -0.1) is 0 Å². The van der Waals surface area contributed by atoms with E-state index in [1.54, 1.807) is 13.0 Å². The lowest BCUT2D eigenvalue weighted by molar-refractivity contribution is -0.126. The van der Waals surface area contributed by atoms with Gasteiger partial charge in [0.05, 0.1) is 4.90 Å². The number of benzene rings is 1. The molecule has 0 bridgehead atoms. The normalized spacial score (nSPS) is 20.8. The Bertz CT molecular complexity index is 633. The summed E-state index contributed by atoms with van der Waals surface area (Å²) in [7, 11) is -3.74. The highest BCUT2D eigenvalue weighted by Crippen LogP contribution is 2.24. The summed E-state index contributed by atoms with van der Waals surface area (Å²) >= 11 is 6.00. The Labute approximate surface area is 122 Å². The SMILES string of the molecule is CC1C(=O)NCCN1S(=O)(=O)c1ccc(CN)c(Cl)c1. The van der Waals surface area contributed by atoms with Crippen LogP contribution in [0.1, 0.15) is 12.5 Å². The van der Waals surface area contributed by atoms with E-state index in [0.717, 1.165) is 0 Å². The van der Waals surface area contributed by atoms with Crippen molar-refractivity contribution in [3.63, 3.8) is 0 Å². The minimum absolute atomic E-state index is 0.0706. The average molecular weight is 318 g/mol. The maximum Gasteiger partial charge on any atom is 0.243 e. The van der Waals surface area contributed by atoms with Gasteiger partial charge >= 0.3 is 0 Å². The molecule has 0 saturated carbocycles. The van der Waals surface area contributed by atoms with Gasteiger partial charge < -0.3 is 11.1 Å². The van der Waals surface area contributed by atoms with Gasteiger partial charge in [-0.2, -0.15) is 4.31 Å². The van der Waals surface area contributed by atoms with Crippen LogP contribution in [-0.2, 0) is 21.4 Å². The molecule has 0 radical (unpaired) electrons. The van der Waals surface area contributed by atoms with Crippen LogP contribution in [0.25, 0.3) is 0 Å². The molecule has 0 aromatic heterocycles. The Hall–Kier alpha value is -1.15. The van der Waals surface area contributed by atoms with E-state index in [9.17, 15) is 13.2 Å². The van der Waals surface area contributed by atoms with Gasteiger partial charge in [0.25, 0.3) is 0 Å². The molecule has 1 heterocycles. The lowest BCUT2D eigenvalue weighted by Gasteiger charge is -2.31. The molecule has 1 aliphatic heterocycles. The Morgan fingerprint density at radius 1 is 1.50 bits per heavy atom. The lowest BCUT2D eigenvalue weighted by Crippen LogP contribution is -2.55. The molecular formula is C12H16ClN3O3S. The fourth-order valence-electron chi connectivity index (χ4n) is 2.08. The van der Waals surface area contributed by atoms with Crippen molar-refractivity contribution < 1.29 is 13.2 Å². The molecule has 1 saturated heterocycles. The predicted molar refractivity (Wildman–Crippen MR) is 75.7 cm³/mol. The van der Waals surface area contributed by atoms with Crippen LogP contribution in [0.3, 0.4) is 0 Å². The minimum Gasteiger partial charge on any atom is -0.353 e. The van der Waals surface area contributed by atoms with Crippen molar-refractivity contribution in [3.05, 3.63) is 28.8 Å². The van der Waals surface area contributed by atoms with Crippen LogP contribution >= 0.6 is 11.6 Å². The Balaban J connectivity index is 2.39. The number of amides is 1. The minimum atomic E-state index is -3.74. The first-order chi connectivity index (χ1) is 9.37. The van der Waals surface area contributed by atoms with Gasteiger partial charge in [-0.05, 0) is 24.6 Å². The van der Waals surface area contributed by atoms with E-state index < -0.39 is 16.1 Å². The molecule has 1 aromatic rings. The summed E-state index contributed by atoms with van der Waals surface area (Å²) in [6.45, 7) is 2.34. The molecule has 6 nitrogen and oxygen atoms in total. The van der Waals surface area contributed by atoms with Crippen LogP contribution in [-0.4, -0.2) is 37.8 Å². The van der Waals surface area contributed by atoms with Gasteiger partial charge in [0.2, 0.25) is 15.9 Å². The zero-order chi connectivity index (χ0) is 14.9. The number of carbonyl (C=O) groups excluding carboxylic acids is 1. The summed E-state index contributed by atoms with van der Waals surface area (Å²) < 4.78 is 26.3. The van der Waals surface area contributed by atoms with Crippen LogP contribution in [0.4, 0.5) is 0 Å². The monoisotopic (exact) mass is 317 g/mol. The number of halogens is 1. The van der Waals surface area contributed by atoms with Gasteiger partial charge in [0.15, 0.2) is 0 Å². The second kappa shape index (κ2) is 5.69. The van der Waals surface area contributed by atoms with Gasteiger partial charge in [0.1, 0.15) is 6.04 Å². The molecule has 1 atom stereocenters. The van der Waals surface area contributed by atoms with E-state index in [2.05, 4.69) is 5.32 Å². The molecule has 1 amide bonds. The standard InChI is InChI=1S/C12H16ClN3O3S/c1-8-12(17)15-4-5-16(8)20(18,19)10-3-2-9(7-14)11(13)6-10/h2-3,6,8H,4-5,7,14H2,1H3,(H,15,17). The summed E-state index contributed by atoms with van der Waals surface area (Å²) in [6, 6.07) is 3.69. The van der Waals surface area contributed by atoms with Gasteiger partial charge in [-0.25, -0.2) is 8.42 Å². The lowest BCUT2D eigenvalue weighted by atomic mass is 10.2. The van der Waals surface area contributed by atoms with Crippen LogP contribution in [0.5, 0.6) is 0 Å². The first-order valence-electron chi connectivity index (χ1n) is 6.16. The molecule has 3 N–H and O–H groups in total. The zero-order valence-electron chi connectivity index (χ0n) is 11.0. The molecule has 0 aliphatic carbocycles. The van der Waals surface area contributed by atoms with E-state index in [4.69, 9.17) is 17.3 Å². The topological polar surface area (TPSA) is 92.5 Å². The maximum atomic E-state index is 12.6. The molecule has 1 aromatic carbocycles. The van der Waals surface area contributed by atoms with Crippen LogP contribution in [0, 0.1) is 0 Å². The second-order valence-corrected chi connectivity index (χ2v) is 6.84. The quantitative estimate of drug-likeness (QED) is 0.839. The second-order valence-electron chi connectivity index (χ2n) is 4.54. The summed E-state index contributed by atoms with van der Waals surface area (Å²) in [6.07, 6.45) is 0. The predicted octanol–water partition coefficient (Wildman–Crippen LogP) is 0.308. The highest BCUT2D eigenvalue weighted by molar-refractivity contribution is 7.89. The molecule has 2 rings (SSSR count). The van der Waals surface area contributed by atoms with Gasteiger partial charge in [-0.1, -0.05) is 17.7 Å². The number of hydrogen-bond donors (Lipinski definition) is 2. The fraction of sp³-hybridized carbons (Fsp3) is 0.417. The van der Waals surface area contributed by atoms with Crippen LogP contribution < -0.4 is 11.1 Å². The van der Waals surface area contributed by atoms with Gasteiger partial charge in [-0.3, -0.25) is 4.79 Å². The van der Waals surface area contributed by atoms with Crippen LogP contribution in [0.15, 0.2) is 23.1 Å². The van der Waals surface area contributed by atoms with Crippen molar-refractivity contribution in [2.24, 2.45) is 5.73 Å². The zero-order valence-corrected chi connectivity index (χ0v) is 12.5. The molecule has 1 aliphatic rings. The van der Waals surface area contributed by atoms with E-state index >= 15 is 0 Å². The molecule has 20 heavy (non-hydrogen) atoms. The van der Waals surface area contributed by atoms with Crippen molar-refractivity contribution >= 4 is 27.5 Å². The number of carbonyl (C=O) groups is 1. The van der Waals surface area contributed by atoms with Crippen molar-refractivity contribution in [3.8, 4) is 0 Å². The Morgan fingerprint density at radius 3 is 2.80 bits per heavy atom. The first kappa shape index (κ1) is 15.2. The Morgan fingerprint density at radius 2 is 2.20 bits per heavy atom. The summed E-state index contributed by atoms with van der Waals surface area (Å²) in [5.41, 5.74) is 6.17. The molecule has 0 spiro atoms. The summed E-state index contributed by atoms with van der Waals surface area (Å²) in [5.74, 6) is -0.301. The highest BCUT2D eigenvalue weighted by Gasteiger charge is 2.35. The number of piperazine rings is 1. The van der Waals surface area contributed by atoms with E-state index in [1.165, 1.54) is 16.4 Å². The van der Waals surface area contributed by atoms with Crippen molar-refractivity contribution in [2.45, 2.75) is 24.4 Å². The van der Waals surface area contributed by atoms with E-state index in [1.807, 2.05) is 0 Å². The average Bonchev–Trinajstić information content (AvgIpc) is 2.41. The number of rotatable bonds is 3. The number of nitrogens with one attached hydrogen (secondary N) is 1. The summed E-state index contributed by atoms with van der Waals surface area (Å²) in [5, 5.41) is 2.94. The molecule has 1 unspecified atom stereocenters. The molecule has 1 fully saturated rings. The highest BCUT2D eigenvalue weighted by atomic mass is 35.5.